The summed E-state index contributed by atoms with van der Waals surface area (Å²) in [7, 11) is 1.61. The number of para-hydroxylation sites is 1. The topological polar surface area (TPSA) is 72.0 Å². The molecule has 1 unspecified atom stereocenters. The molecule has 3 aromatic carbocycles. The molecule has 0 aliphatic rings. The molecule has 0 fully saturated rings. The third kappa shape index (κ3) is 6.10. The zero-order chi connectivity index (χ0) is 20.5. The molecule has 2 N–H and O–H groups in total. The Hall–Kier alpha value is -3.80. The van der Waals surface area contributed by atoms with Gasteiger partial charge in [-0.15, -0.1) is 0 Å². The smallest absolute Gasteiger partial charge is 0.262 e. The van der Waals surface area contributed by atoms with Crippen molar-refractivity contribution in [3.05, 3.63) is 84.4 Å². The van der Waals surface area contributed by atoms with E-state index in [1.165, 1.54) is 0 Å². The number of benzene rings is 3. The summed E-state index contributed by atoms with van der Waals surface area (Å²) in [5.74, 6) is 1.97. The van der Waals surface area contributed by atoms with E-state index in [-0.39, 0.29) is 5.91 Å². The van der Waals surface area contributed by atoms with Gasteiger partial charge in [-0.3, -0.25) is 4.79 Å². The molecule has 0 aliphatic heterocycles. The highest BCUT2D eigenvalue weighted by molar-refractivity contribution is 5.86. The number of methoxy groups -OCH3 is 1. The van der Waals surface area contributed by atoms with Crippen LogP contribution < -0.4 is 20.2 Å². The fraction of sp³-hybridized carbons (Fsp3) is 0.130. The van der Waals surface area contributed by atoms with E-state index in [9.17, 15) is 4.79 Å². The maximum absolute atomic E-state index is 12.2. The van der Waals surface area contributed by atoms with Crippen molar-refractivity contribution in [1.82, 2.24) is 5.43 Å². The second kappa shape index (κ2) is 9.94. The van der Waals surface area contributed by atoms with Crippen LogP contribution in [0.4, 0.5) is 5.69 Å². The Kier molecular flexibility index (Phi) is 6.84. The average Bonchev–Trinajstić information content (AvgIpc) is 2.75. The first kappa shape index (κ1) is 19.9. The number of ether oxygens (including phenoxy) is 2. The molecule has 6 nitrogen and oxygen atoms in total. The van der Waals surface area contributed by atoms with Crippen molar-refractivity contribution in [1.29, 1.82) is 0 Å². The standard InChI is InChI=1S/C23H23N3O3/c1-17(25-19-11-13-20(28-2)14-12-19)23(27)26-24-16-18-7-6-10-22(15-18)29-21-8-4-3-5-9-21/h3-17,25H,1-2H3,(H,26,27)/b24-16+. The summed E-state index contributed by atoms with van der Waals surface area (Å²) in [6.07, 6.45) is 1.58. The highest BCUT2D eigenvalue weighted by atomic mass is 16.5. The van der Waals surface area contributed by atoms with Gasteiger partial charge in [0.05, 0.1) is 13.3 Å². The maximum Gasteiger partial charge on any atom is 0.262 e. The summed E-state index contributed by atoms with van der Waals surface area (Å²) in [6.45, 7) is 1.77. The zero-order valence-electron chi connectivity index (χ0n) is 16.3. The first-order valence-corrected chi connectivity index (χ1v) is 9.20. The Balaban J connectivity index is 1.53. The Bertz CT molecular complexity index is 957. The van der Waals surface area contributed by atoms with Gasteiger partial charge < -0.3 is 14.8 Å². The van der Waals surface area contributed by atoms with Crippen LogP contribution >= 0.6 is 0 Å². The molecule has 0 saturated heterocycles. The molecule has 1 atom stereocenters. The molecule has 3 aromatic rings. The van der Waals surface area contributed by atoms with E-state index < -0.39 is 6.04 Å². The van der Waals surface area contributed by atoms with Gasteiger partial charge >= 0.3 is 0 Å². The molecule has 3 rings (SSSR count). The number of amides is 1. The van der Waals surface area contributed by atoms with Crippen LogP contribution in [0.15, 0.2) is 84.0 Å². The zero-order valence-corrected chi connectivity index (χ0v) is 16.3. The number of nitrogens with one attached hydrogen (secondary N) is 2. The van der Waals surface area contributed by atoms with Crippen molar-refractivity contribution in [3.8, 4) is 17.2 Å². The molecular formula is C23H23N3O3. The van der Waals surface area contributed by atoms with E-state index in [0.29, 0.717) is 5.75 Å². The van der Waals surface area contributed by atoms with Crippen LogP contribution in [0.1, 0.15) is 12.5 Å². The quantitative estimate of drug-likeness (QED) is 0.441. The molecule has 0 bridgehead atoms. The number of hydrogen-bond donors (Lipinski definition) is 2. The van der Waals surface area contributed by atoms with Crippen molar-refractivity contribution >= 4 is 17.8 Å². The van der Waals surface area contributed by atoms with Crippen LogP contribution in [0, 0.1) is 0 Å². The lowest BCUT2D eigenvalue weighted by Gasteiger charge is -2.13. The third-order valence-corrected chi connectivity index (χ3v) is 4.09. The van der Waals surface area contributed by atoms with Gasteiger partial charge in [-0.25, -0.2) is 5.43 Å². The molecule has 0 spiro atoms. The minimum atomic E-state index is -0.451. The monoisotopic (exact) mass is 389 g/mol. The molecule has 0 heterocycles. The van der Waals surface area contributed by atoms with Crippen LogP contribution in [0.5, 0.6) is 17.2 Å². The number of hydrogen-bond acceptors (Lipinski definition) is 5. The van der Waals surface area contributed by atoms with Gasteiger partial charge in [-0.05, 0) is 61.0 Å². The fourth-order valence-corrected chi connectivity index (χ4v) is 2.55. The second-order valence-corrected chi connectivity index (χ2v) is 6.32. The second-order valence-electron chi connectivity index (χ2n) is 6.32. The SMILES string of the molecule is COc1ccc(NC(C)C(=O)N/N=C/c2cccc(Oc3ccccc3)c2)cc1. The lowest BCUT2D eigenvalue weighted by molar-refractivity contribution is -0.121. The first-order chi connectivity index (χ1) is 14.1. The maximum atomic E-state index is 12.2. The summed E-state index contributed by atoms with van der Waals surface area (Å²) >= 11 is 0. The number of rotatable bonds is 8. The van der Waals surface area contributed by atoms with Gasteiger partial charge in [0, 0.05) is 5.69 Å². The number of carbonyl (C=O) groups is 1. The molecule has 29 heavy (non-hydrogen) atoms. The summed E-state index contributed by atoms with van der Waals surface area (Å²) in [5.41, 5.74) is 4.18. The highest BCUT2D eigenvalue weighted by Gasteiger charge is 2.11. The lowest BCUT2D eigenvalue weighted by atomic mass is 10.2. The predicted molar refractivity (Wildman–Crippen MR) is 115 cm³/mol. The minimum Gasteiger partial charge on any atom is -0.497 e. The number of carbonyl (C=O) groups excluding carboxylic acids is 1. The third-order valence-electron chi connectivity index (χ3n) is 4.09. The predicted octanol–water partition coefficient (Wildman–Crippen LogP) is 4.44. The van der Waals surface area contributed by atoms with Crippen molar-refractivity contribution < 1.29 is 14.3 Å². The van der Waals surface area contributed by atoms with Crippen LogP contribution in [-0.2, 0) is 4.79 Å². The van der Waals surface area contributed by atoms with Gasteiger partial charge in [0.15, 0.2) is 0 Å². The van der Waals surface area contributed by atoms with Crippen molar-refractivity contribution in [2.24, 2.45) is 5.10 Å². The van der Waals surface area contributed by atoms with Crippen LogP contribution in [0.2, 0.25) is 0 Å². The molecule has 0 saturated carbocycles. The van der Waals surface area contributed by atoms with Gasteiger partial charge in [0.2, 0.25) is 0 Å². The highest BCUT2D eigenvalue weighted by Crippen LogP contribution is 2.21. The normalized spacial score (nSPS) is 11.7. The van der Waals surface area contributed by atoms with E-state index in [2.05, 4.69) is 15.8 Å². The Labute approximate surface area is 170 Å². The van der Waals surface area contributed by atoms with Crippen molar-refractivity contribution in [3.63, 3.8) is 0 Å². The summed E-state index contributed by atoms with van der Waals surface area (Å²) < 4.78 is 10.9. The Morgan fingerprint density at radius 2 is 1.66 bits per heavy atom. The Morgan fingerprint density at radius 1 is 0.931 bits per heavy atom. The molecule has 6 heteroatoms. The number of nitrogens with zero attached hydrogens (tertiary/aromatic N) is 1. The van der Waals surface area contributed by atoms with Crippen LogP contribution in [0.25, 0.3) is 0 Å². The van der Waals surface area contributed by atoms with Crippen molar-refractivity contribution in [2.45, 2.75) is 13.0 Å². The number of anilines is 1. The van der Waals surface area contributed by atoms with Gasteiger partial charge in [-0.1, -0.05) is 30.3 Å². The molecule has 0 aliphatic carbocycles. The average molecular weight is 389 g/mol. The largest absolute Gasteiger partial charge is 0.497 e. The molecule has 148 valence electrons. The molecule has 1 amide bonds. The molecule has 0 aromatic heterocycles. The molecular weight excluding hydrogens is 366 g/mol. The lowest BCUT2D eigenvalue weighted by Crippen LogP contribution is -2.34. The van der Waals surface area contributed by atoms with E-state index in [0.717, 1.165) is 22.7 Å². The van der Waals surface area contributed by atoms with Crippen LogP contribution in [-0.4, -0.2) is 25.3 Å². The van der Waals surface area contributed by atoms with Gasteiger partial charge in [0.1, 0.15) is 23.3 Å². The van der Waals surface area contributed by atoms with Crippen LogP contribution in [0.3, 0.4) is 0 Å². The van der Waals surface area contributed by atoms with E-state index >= 15 is 0 Å². The first-order valence-electron chi connectivity index (χ1n) is 9.20. The molecule has 0 radical (unpaired) electrons. The van der Waals surface area contributed by atoms with Crippen molar-refractivity contribution in [2.75, 3.05) is 12.4 Å². The number of hydrazone groups is 1. The summed E-state index contributed by atoms with van der Waals surface area (Å²) in [4.78, 5) is 12.2. The Morgan fingerprint density at radius 3 is 2.38 bits per heavy atom. The fourth-order valence-electron chi connectivity index (χ4n) is 2.55. The summed E-state index contributed by atoms with van der Waals surface area (Å²) in [6, 6.07) is 23.9. The minimum absolute atomic E-state index is 0.242. The van der Waals surface area contributed by atoms with Gasteiger partial charge in [-0.2, -0.15) is 5.10 Å². The van der Waals surface area contributed by atoms with E-state index in [4.69, 9.17) is 9.47 Å². The summed E-state index contributed by atoms with van der Waals surface area (Å²) in [5, 5.41) is 7.16. The van der Waals surface area contributed by atoms with E-state index in [1.807, 2.05) is 78.9 Å². The van der Waals surface area contributed by atoms with Gasteiger partial charge in [0.25, 0.3) is 5.91 Å². The van der Waals surface area contributed by atoms with E-state index in [1.54, 1.807) is 20.2 Å².